The van der Waals surface area contributed by atoms with Crippen LogP contribution in [-0.2, 0) is 16.0 Å². The number of carbonyl (C=O) groups is 1. The molecule has 1 amide bonds. The summed E-state index contributed by atoms with van der Waals surface area (Å²) in [6.07, 6.45) is 0.373. The minimum atomic E-state index is -0.102. The second-order valence-electron chi connectivity index (χ2n) is 7.67. The predicted molar refractivity (Wildman–Crippen MR) is 133 cm³/mol. The summed E-state index contributed by atoms with van der Waals surface area (Å²) in [4.78, 5) is 14.9. The first-order valence-electron chi connectivity index (χ1n) is 10.3. The first-order chi connectivity index (χ1) is 14.9. The maximum atomic E-state index is 12.4. The van der Waals surface area contributed by atoms with Crippen molar-refractivity contribution in [3.63, 3.8) is 0 Å². The van der Waals surface area contributed by atoms with Gasteiger partial charge < -0.3 is 10.1 Å². The zero-order valence-electron chi connectivity index (χ0n) is 18.5. The minimum Gasteiger partial charge on any atom is -0.497 e. The van der Waals surface area contributed by atoms with Gasteiger partial charge in [0.25, 0.3) is 0 Å². The lowest BCUT2D eigenvalue weighted by Crippen LogP contribution is -2.15. The van der Waals surface area contributed by atoms with Gasteiger partial charge in [0.1, 0.15) is 5.75 Å². The van der Waals surface area contributed by atoms with Gasteiger partial charge in [0.05, 0.1) is 13.5 Å². The molecule has 0 bridgehead atoms. The van der Waals surface area contributed by atoms with Crippen molar-refractivity contribution in [1.29, 1.82) is 0 Å². The van der Waals surface area contributed by atoms with Gasteiger partial charge in [0.2, 0.25) is 5.91 Å². The van der Waals surface area contributed by atoms with E-state index in [1.54, 1.807) is 30.6 Å². The molecule has 0 unspecified atom stereocenters. The van der Waals surface area contributed by atoms with Crippen molar-refractivity contribution in [2.75, 3.05) is 18.2 Å². The highest BCUT2D eigenvalue weighted by atomic mass is 32.2. The van der Waals surface area contributed by atoms with Crippen LogP contribution in [0.15, 0.2) is 82.6 Å². The first-order valence-corrected chi connectivity index (χ1v) is 12.1. The molecule has 0 saturated heterocycles. The average Bonchev–Trinajstić information content (AvgIpc) is 2.76. The molecule has 31 heavy (non-hydrogen) atoms. The number of hydrogen-bond donors (Lipinski definition) is 1. The minimum absolute atomic E-state index is 0.00415. The van der Waals surface area contributed by atoms with Crippen LogP contribution in [-0.4, -0.2) is 18.8 Å². The largest absolute Gasteiger partial charge is 0.497 e. The van der Waals surface area contributed by atoms with Crippen LogP contribution in [0.4, 0.5) is 5.69 Å². The van der Waals surface area contributed by atoms with Gasteiger partial charge in [-0.05, 0) is 79.3 Å². The molecule has 0 saturated carbocycles. The van der Waals surface area contributed by atoms with Crippen LogP contribution in [0.5, 0.6) is 5.75 Å². The van der Waals surface area contributed by atoms with Crippen molar-refractivity contribution in [2.45, 2.75) is 41.7 Å². The summed E-state index contributed by atoms with van der Waals surface area (Å²) in [7, 11) is 1.68. The molecule has 0 spiro atoms. The predicted octanol–water partition coefficient (Wildman–Crippen LogP) is 7.02. The molecule has 0 fully saturated rings. The molecule has 162 valence electrons. The van der Waals surface area contributed by atoms with E-state index in [0.717, 1.165) is 22.8 Å². The monoisotopic (exact) mass is 451 g/mol. The van der Waals surface area contributed by atoms with E-state index in [4.69, 9.17) is 4.74 Å². The van der Waals surface area contributed by atoms with Crippen molar-refractivity contribution in [2.24, 2.45) is 0 Å². The zero-order valence-corrected chi connectivity index (χ0v) is 20.1. The molecule has 0 aromatic heterocycles. The third-order valence-electron chi connectivity index (χ3n) is 4.90. The topological polar surface area (TPSA) is 38.3 Å². The van der Waals surface area contributed by atoms with Crippen molar-refractivity contribution >= 4 is 35.1 Å². The van der Waals surface area contributed by atoms with Crippen LogP contribution in [0.25, 0.3) is 0 Å². The zero-order chi connectivity index (χ0) is 22.3. The van der Waals surface area contributed by atoms with E-state index in [1.807, 2.05) is 36.4 Å². The Kier molecular flexibility index (Phi) is 8.10. The van der Waals surface area contributed by atoms with Crippen molar-refractivity contribution in [3.05, 3.63) is 83.9 Å². The van der Waals surface area contributed by atoms with Crippen LogP contribution >= 0.6 is 23.5 Å². The Morgan fingerprint density at radius 2 is 1.52 bits per heavy atom. The summed E-state index contributed by atoms with van der Waals surface area (Å²) in [5.74, 6) is 1.90. The summed E-state index contributed by atoms with van der Waals surface area (Å²) in [6, 6.07) is 24.4. The molecule has 3 aromatic rings. The molecule has 0 aliphatic heterocycles. The van der Waals surface area contributed by atoms with Crippen LogP contribution in [0.1, 0.15) is 31.9 Å². The van der Waals surface area contributed by atoms with Gasteiger partial charge in [0, 0.05) is 20.2 Å². The van der Waals surface area contributed by atoms with Crippen LogP contribution in [0.3, 0.4) is 0 Å². The molecular weight excluding hydrogens is 422 g/mol. The van der Waals surface area contributed by atoms with E-state index < -0.39 is 0 Å². The van der Waals surface area contributed by atoms with Gasteiger partial charge in [-0.3, -0.25) is 4.79 Å². The van der Waals surface area contributed by atoms with E-state index in [2.05, 4.69) is 62.5 Å². The second kappa shape index (κ2) is 10.8. The lowest BCUT2D eigenvalue weighted by atomic mass is 10.0. The molecule has 3 nitrogen and oxygen atoms in total. The molecule has 0 radical (unpaired) electrons. The summed E-state index contributed by atoms with van der Waals surface area (Å²) >= 11 is 3.60. The molecule has 3 rings (SSSR count). The summed E-state index contributed by atoms with van der Waals surface area (Å²) in [5, 5.41) is 3.01. The summed E-state index contributed by atoms with van der Waals surface area (Å²) < 4.78 is 5.13. The molecule has 0 atom stereocenters. The molecule has 0 aliphatic carbocycles. The number of carbonyl (C=O) groups excluding carboxylic acids is 1. The Morgan fingerprint density at radius 1 is 0.903 bits per heavy atom. The Balaban J connectivity index is 1.58. The van der Waals surface area contributed by atoms with Gasteiger partial charge >= 0.3 is 0 Å². The number of nitrogens with one attached hydrogen (secondary N) is 1. The lowest BCUT2D eigenvalue weighted by molar-refractivity contribution is -0.115. The maximum absolute atomic E-state index is 12.4. The summed E-state index contributed by atoms with van der Waals surface area (Å²) in [5.41, 5.74) is 3.04. The fourth-order valence-corrected chi connectivity index (χ4v) is 4.99. The molecular formula is C26H29NO2S2. The number of benzene rings is 3. The van der Waals surface area contributed by atoms with Crippen LogP contribution in [0, 0.1) is 0 Å². The number of amides is 1. The fraction of sp³-hybridized carbons (Fsp3) is 0.269. The van der Waals surface area contributed by atoms with E-state index in [9.17, 15) is 4.79 Å². The Hall–Kier alpha value is -2.37. The molecule has 1 N–H and O–H groups in total. The number of hydrogen-bond acceptors (Lipinski definition) is 4. The Bertz CT molecular complexity index is 981. The number of anilines is 1. The third-order valence-corrected chi connectivity index (χ3v) is 7.04. The van der Waals surface area contributed by atoms with Crippen LogP contribution in [0.2, 0.25) is 0 Å². The number of ether oxygens (including phenoxy) is 1. The SMILES string of the molecule is CCSc1ccc(CC(=O)Nc2ccc(C(C)(C)Sc3ccc(OC)cc3)cc2)cc1. The highest BCUT2D eigenvalue weighted by molar-refractivity contribution is 8.00. The smallest absolute Gasteiger partial charge is 0.228 e. The molecule has 0 aliphatic rings. The molecule has 3 aromatic carbocycles. The standard InChI is InChI=1S/C26H29NO2S2/c1-5-30-23-14-6-19(7-15-23)18-25(28)27-21-10-8-20(9-11-21)26(2,3)31-24-16-12-22(29-4)13-17-24/h6-17H,5,18H2,1-4H3,(H,27,28). The number of rotatable bonds is 9. The highest BCUT2D eigenvalue weighted by Crippen LogP contribution is 2.41. The van der Waals surface area contributed by atoms with E-state index >= 15 is 0 Å². The van der Waals surface area contributed by atoms with Gasteiger partial charge in [-0.25, -0.2) is 0 Å². The number of thioether (sulfide) groups is 2. The number of methoxy groups -OCH3 is 1. The van der Waals surface area contributed by atoms with E-state index in [-0.39, 0.29) is 10.7 Å². The van der Waals surface area contributed by atoms with Crippen molar-refractivity contribution in [3.8, 4) is 5.75 Å². The Labute approximate surface area is 194 Å². The normalized spacial score (nSPS) is 11.2. The summed E-state index contributed by atoms with van der Waals surface area (Å²) in [6.45, 7) is 6.54. The Morgan fingerprint density at radius 3 is 2.10 bits per heavy atom. The fourth-order valence-electron chi connectivity index (χ4n) is 3.21. The third kappa shape index (κ3) is 6.81. The van der Waals surface area contributed by atoms with Crippen LogP contribution < -0.4 is 10.1 Å². The molecule has 0 heterocycles. The van der Waals surface area contributed by atoms with E-state index in [0.29, 0.717) is 6.42 Å². The molecule has 5 heteroatoms. The van der Waals surface area contributed by atoms with Gasteiger partial charge in [-0.15, -0.1) is 23.5 Å². The second-order valence-corrected chi connectivity index (χ2v) is 10.7. The highest BCUT2D eigenvalue weighted by Gasteiger charge is 2.22. The van der Waals surface area contributed by atoms with E-state index in [1.165, 1.54) is 15.4 Å². The van der Waals surface area contributed by atoms with Crippen molar-refractivity contribution < 1.29 is 9.53 Å². The maximum Gasteiger partial charge on any atom is 0.228 e. The quantitative estimate of drug-likeness (QED) is 0.355. The van der Waals surface area contributed by atoms with Crippen molar-refractivity contribution in [1.82, 2.24) is 0 Å². The first kappa shape index (κ1) is 23.3. The van der Waals surface area contributed by atoms with Gasteiger partial charge in [-0.1, -0.05) is 31.2 Å². The lowest BCUT2D eigenvalue weighted by Gasteiger charge is -2.25. The average molecular weight is 452 g/mol. The van der Waals surface area contributed by atoms with Gasteiger partial charge in [-0.2, -0.15) is 0 Å². The van der Waals surface area contributed by atoms with Gasteiger partial charge in [0.15, 0.2) is 0 Å².